The van der Waals surface area contributed by atoms with E-state index >= 15 is 0 Å². The lowest BCUT2D eigenvalue weighted by Crippen LogP contribution is -2.46. The lowest BCUT2D eigenvalue weighted by molar-refractivity contribution is -0.135. The molecular formula is C26H34N6O3. The second-order valence-electron chi connectivity index (χ2n) is 10.0. The van der Waals surface area contributed by atoms with Gasteiger partial charge in [-0.25, -0.2) is 14.8 Å². The molecule has 0 spiro atoms. The topological polar surface area (TPSA) is 99.7 Å². The Morgan fingerprint density at radius 1 is 1.11 bits per heavy atom. The predicted molar refractivity (Wildman–Crippen MR) is 134 cm³/mol. The predicted octanol–water partition coefficient (Wildman–Crippen LogP) is 3.19. The van der Waals surface area contributed by atoms with Gasteiger partial charge in [0.15, 0.2) is 5.82 Å². The molecule has 2 aromatic rings. The van der Waals surface area contributed by atoms with Gasteiger partial charge in [0.2, 0.25) is 5.91 Å². The van der Waals surface area contributed by atoms with Crippen molar-refractivity contribution in [3.05, 3.63) is 35.5 Å². The molecule has 3 aliphatic rings. The van der Waals surface area contributed by atoms with Crippen molar-refractivity contribution in [3.8, 4) is 11.4 Å². The van der Waals surface area contributed by atoms with Gasteiger partial charge in [0.1, 0.15) is 5.82 Å². The molecule has 2 N–H and O–H groups in total. The van der Waals surface area contributed by atoms with Crippen molar-refractivity contribution in [2.75, 3.05) is 36.5 Å². The first-order chi connectivity index (χ1) is 16.9. The zero-order valence-electron chi connectivity index (χ0n) is 20.7. The summed E-state index contributed by atoms with van der Waals surface area (Å²) in [4.78, 5) is 39.0. The van der Waals surface area contributed by atoms with Gasteiger partial charge in [-0.05, 0) is 50.5 Å². The molecule has 9 nitrogen and oxygen atoms in total. The number of hydrogen-bond acceptors (Lipinski definition) is 6. The number of nitrogens with zero attached hydrogens (tertiary/aromatic N) is 4. The molecule has 2 fully saturated rings. The van der Waals surface area contributed by atoms with Crippen molar-refractivity contribution < 1.29 is 14.3 Å². The zero-order chi connectivity index (χ0) is 24.5. The molecule has 186 valence electrons. The number of benzene rings is 1. The molecule has 1 aromatic heterocycles. The standard InChI is InChI=1S/C26H34N6O3/c1-16(2)25(33)31-11-10-21-22(14-31)29-23(30-24(21)32-12-13-35-15-17(32)3)18-4-6-19(7-5-18)27-26(34)28-20-8-9-20/h4-7,16-17,20H,8-15H2,1-3H3,(H2,27,28,34). The molecule has 0 radical (unpaired) electrons. The molecule has 1 unspecified atom stereocenters. The van der Waals surface area contributed by atoms with Crippen LogP contribution >= 0.6 is 0 Å². The fourth-order valence-corrected chi connectivity index (χ4v) is 4.66. The second kappa shape index (κ2) is 9.81. The number of carbonyl (C=O) groups is 2. The van der Waals surface area contributed by atoms with Crippen LogP contribution in [-0.4, -0.2) is 65.2 Å². The third-order valence-electron chi connectivity index (χ3n) is 6.80. The number of amides is 3. The quantitative estimate of drug-likeness (QED) is 0.685. The molecular weight excluding hydrogens is 444 g/mol. The summed E-state index contributed by atoms with van der Waals surface area (Å²) in [5.74, 6) is 1.68. The lowest BCUT2D eigenvalue weighted by Gasteiger charge is -2.38. The lowest BCUT2D eigenvalue weighted by atomic mass is 10.0. The summed E-state index contributed by atoms with van der Waals surface area (Å²) >= 11 is 0. The van der Waals surface area contributed by atoms with Gasteiger partial charge >= 0.3 is 6.03 Å². The van der Waals surface area contributed by atoms with Crippen molar-refractivity contribution in [1.82, 2.24) is 20.2 Å². The van der Waals surface area contributed by atoms with E-state index in [-0.39, 0.29) is 23.9 Å². The number of anilines is 2. The molecule has 35 heavy (non-hydrogen) atoms. The van der Waals surface area contributed by atoms with Crippen molar-refractivity contribution in [2.45, 2.75) is 58.7 Å². The summed E-state index contributed by atoms with van der Waals surface area (Å²) in [6, 6.07) is 7.95. The molecule has 3 heterocycles. The number of urea groups is 1. The van der Waals surface area contributed by atoms with Gasteiger partial charge in [-0.1, -0.05) is 13.8 Å². The molecule has 5 rings (SSSR count). The number of nitrogens with one attached hydrogen (secondary N) is 2. The highest BCUT2D eigenvalue weighted by Gasteiger charge is 2.31. The van der Waals surface area contributed by atoms with E-state index in [9.17, 15) is 9.59 Å². The van der Waals surface area contributed by atoms with Crippen LogP contribution in [0.4, 0.5) is 16.3 Å². The minimum atomic E-state index is -0.177. The fourth-order valence-electron chi connectivity index (χ4n) is 4.66. The first-order valence-corrected chi connectivity index (χ1v) is 12.6. The van der Waals surface area contributed by atoms with E-state index in [2.05, 4.69) is 22.5 Å². The van der Waals surface area contributed by atoms with Crippen molar-refractivity contribution >= 4 is 23.4 Å². The van der Waals surface area contributed by atoms with Crippen LogP contribution < -0.4 is 15.5 Å². The smallest absolute Gasteiger partial charge is 0.319 e. The van der Waals surface area contributed by atoms with Gasteiger partial charge in [0, 0.05) is 41.9 Å². The number of ether oxygens (including phenoxy) is 1. The Hall–Kier alpha value is -3.20. The Morgan fingerprint density at radius 3 is 2.57 bits per heavy atom. The minimum absolute atomic E-state index is 0.0475. The van der Waals surface area contributed by atoms with Gasteiger partial charge in [-0.3, -0.25) is 4.79 Å². The minimum Gasteiger partial charge on any atom is -0.377 e. The molecule has 0 bridgehead atoms. The normalized spacial score (nSPS) is 19.9. The second-order valence-corrected chi connectivity index (χ2v) is 10.0. The van der Waals surface area contributed by atoms with Crippen LogP contribution in [0.25, 0.3) is 11.4 Å². The zero-order valence-corrected chi connectivity index (χ0v) is 20.7. The Labute approximate surface area is 206 Å². The average molecular weight is 479 g/mol. The van der Waals surface area contributed by atoms with Crippen LogP contribution in [0.15, 0.2) is 24.3 Å². The Morgan fingerprint density at radius 2 is 1.89 bits per heavy atom. The molecule has 1 saturated carbocycles. The van der Waals surface area contributed by atoms with Crippen molar-refractivity contribution in [3.63, 3.8) is 0 Å². The molecule has 2 aliphatic heterocycles. The summed E-state index contributed by atoms with van der Waals surface area (Å²) in [5, 5.41) is 5.81. The SMILES string of the molecule is CC(C)C(=O)N1CCc2c(nc(-c3ccc(NC(=O)NC4CC4)cc3)nc2N2CCOCC2C)C1. The van der Waals surface area contributed by atoms with Gasteiger partial charge in [-0.15, -0.1) is 0 Å². The van der Waals surface area contributed by atoms with Crippen molar-refractivity contribution in [1.29, 1.82) is 0 Å². The van der Waals surface area contributed by atoms with E-state index in [4.69, 9.17) is 14.7 Å². The van der Waals surface area contributed by atoms with Crippen LogP contribution in [0.5, 0.6) is 0 Å². The van der Waals surface area contributed by atoms with E-state index < -0.39 is 0 Å². The van der Waals surface area contributed by atoms with Crippen LogP contribution in [0.3, 0.4) is 0 Å². The molecule has 3 amide bonds. The van der Waals surface area contributed by atoms with Gasteiger partial charge in [0.05, 0.1) is 31.5 Å². The van der Waals surface area contributed by atoms with Gasteiger partial charge < -0.3 is 25.2 Å². The van der Waals surface area contributed by atoms with Gasteiger partial charge in [0.25, 0.3) is 0 Å². The Bertz CT molecular complexity index is 1100. The van der Waals surface area contributed by atoms with E-state index in [1.54, 1.807) is 0 Å². The number of carbonyl (C=O) groups excluding carboxylic acids is 2. The van der Waals surface area contributed by atoms with Crippen LogP contribution in [-0.2, 0) is 22.5 Å². The highest BCUT2D eigenvalue weighted by atomic mass is 16.5. The maximum Gasteiger partial charge on any atom is 0.319 e. The summed E-state index contributed by atoms with van der Waals surface area (Å²) in [7, 11) is 0. The first kappa shape index (κ1) is 23.5. The number of morpholine rings is 1. The van der Waals surface area contributed by atoms with E-state index in [1.807, 2.05) is 43.0 Å². The summed E-state index contributed by atoms with van der Waals surface area (Å²) in [6.07, 6.45) is 2.84. The largest absolute Gasteiger partial charge is 0.377 e. The summed E-state index contributed by atoms with van der Waals surface area (Å²) in [5.41, 5.74) is 3.64. The third-order valence-corrected chi connectivity index (χ3v) is 6.80. The monoisotopic (exact) mass is 478 g/mol. The maximum absolute atomic E-state index is 12.7. The summed E-state index contributed by atoms with van der Waals surface area (Å²) in [6.45, 7) is 9.30. The number of hydrogen-bond donors (Lipinski definition) is 2. The Balaban J connectivity index is 1.45. The van der Waals surface area contributed by atoms with Crippen LogP contribution in [0, 0.1) is 5.92 Å². The van der Waals surface area contributed by atoms with E-state index in [1.165, 1.54) is 0 Å². The highest BCUT2D eigenvalue weighted by Crippen LogP contribution is 2.32. The van der Waals surface area contributed by atoms with E-state index in [0.29, 0.717) is 38.2 Å². The Kier molecular flexibility index (Phi) is 6.60. The number of rotatable bonds is 5. The van der Waals surface area contributed by atoms with Crippen LogP contribution in [0.1, 0.15) is 44.9 Å². The fraction of sp³-hybridized carbons (Fsp3) is 0.538. The summed E-state index contributed by atoms with van der Waals surface area (Å²) < 4.78 is 5.66. The number of fused-ring (bicyclic) bond motifs is 1. The molecule has 1 saturated heterocycles. The highest BCUT2D eigenvalue weighted by molar-refractivity contribution is 5.89. The van der Waals surface area contributed by atoms with E-state index in [0.717, 1.165) is 54.1 Å². The van der Waals surface area contributed by atoms with Crippen LogP contribution in [0.2, 0.25) is 0 Å². The molecule has 1 atom stereocenters. The molecule has 1 aliphatic carbocycles. The van der Waals surface area contributed by atoms with Crippen molar-refractivity contribution in [2.24, 2.45) is 5.92 Å². The molecule has 1 aromatic carbocycles. The number of aromatic nitrogens is 2. The third kappa shape index (κ3) is 5.24. The first-order valence-electron chi connectivity index (χ1n) is 12.6. The maximum atomic E-state index is 12.7. The average Bonchev–Trinajstić information content (AvgIpc) is 3.67. The molecule has 9 heteroatoms. The van der Waals surface area contributed by atoms with Gasteiger partial charge in [-0.2, -0.15) is 0 Å².